The topological polar surface area (TPSA) is 9.23 Å². The van der Waals surface area contributed by atoms with Gasteiger partial charge in [-0.3, -0.25) is 0 Å². The zero-order valence-corrected chi connectivity index (χ0v) is 11.5. The van der Waals surface area contributed by atoms with Crippen molar-refractivity contribution in [3.63, 3.8) is 0 Å². The van der Waals surface area contributed by atoms with Crippen LogP contribution in [-0.2, 0) is 6.42 Å². The Balaban J connectivity index is 2.14. The van der Waals surface area contributed by atoms with Crippen molar-refractivity contribution in [2.24, 2.45) is 0 Å². The van der Waals surface area contributed by atoms with Crippen LogP contribution in [0.3, 0.4) is 0 Å². The minimum Gasteiger partial charge on any atom is -0.494 e. The van der Waals surface area contributed by atoms with Crippen molar-refractivity contribution < 1.29 is 4.74 Å². The largest absolute Gasteiger partial charge is 0.494 e. The molecule has 0 fully saturated rings. The molecule has 0 saturated heterocycles. The molecule has 0 aliphatic carbocycles. The van der Waals surface area contributed by atoms with Crippen LogP contribution >= 0.6 is 11.6 Å². The van der Waals surface area contributed by atoms with Crippen molar-refractivity contribution in [1.29, 1.82) is 0 Å². The zero-order chi connectivity index (χ0) is 12.3. The molecule has 0 radical (unpaired) electrons. The molecule has 0 unspecified atom stereocenters. The summed E-state index contributed by atoms with van der Waals surface area (Å²) in [7, 11) is 0. The van der Waals surface area contributed by atoms with Crippen LogP contribution in [0.15, 0.2) is 24.3 Å². The van der Waals surface area contributed by atoms with Gasteiger partial charge in [-0.25, -0.2) is 0 Å². The second kappa shape index (κ2) is 9.35. The van der Waals surface area contributed by atoms with Crippen molar-refractivity contribution >= 4 is 11.6 Å². The molecule has 1 aromatic carbocycles. The fourth-order valence-corrected chi connectivity index (χ4v) is 1.97. The predicted molar refractivity (Wildman–Crippen MR) is 75.1 cm³/mol. The average molecular weight is 255 g/mol. The van der Waals surface area contributed by atoms with Crippen LogP contribution in [0.5, 0.6) is 5.75 Å². The van der Waals surface area contributed by atoms with E-state index < -0.39 is 0 Å². The maximum Gasteiger partial charge on any atom is 0.119 e. The second-order valence-corrected chi connectivity index (χ2v) is 4.72. The third-order valence-electron chi connectivity index (χ3n) is 2.76. The van der Waals surface area contributed by atoms with Crippen LogP contribution in [0.1, 0.15) is 44.6 Å². The normalized spacial score (nSPS) is 10.5. The van der Waals surface area contributed by atoms with E-state index >= 15 is 0 Å². The van der Waals surface area contributed by atoms with E-state index in [1.807, 2.05) is 0 Å². The number of hydrogen-bond donors (Lipinski definition) is 0. The highest BCUT2D eigenvalue weighted by Crippen LogP contribution is 2.14. The third-order valence-corrected chi connectivity index (χ3v) is 3.03. The fraction of sp³-hybridized carbons (Fsp3) is 0.600. The summed E-state index contributed by atoms with van der Waals surface area (Å²) in [5.74, 6) is 1.77. The summed E-state index contributed by atoms with van der Waals surface area (Å²) >= 11 is 5.62. The van der Waals surface area contributed by atoms with Crippen molar-refractivity contribution in [3.05, 3.63) is 29.8 Å². The fourth-order valence-electron chi connectivity index (χ4n) is 1.78. The van der Waals surface area contributed by atoms with Crippen LogP contribution in [0.2, 0.25) is 0 Å². The minimum absolute atomic E-state index is 0.778. The molecular formula is C15H23ClO. The highest BCUT2D eigenvalue weighted by Gasteiger charge is 1.95. The Morgan fingerprint density at radius 3 is 2.35 bits per heavy atom. The number of ether oxygens (including phenoxy) is 1. The summed E-state index contributed by atoms with van der Waals surface area (Å²) in [6, 6.07) is 8.46. The molecule has 0 heterocycles. The lowest BCUT2D eigenvalue weighted by molar-refractivity contribution is 0.305. The van der Waals surface area contributed by atoms with Gasteiger partial charge in [-0.2, -0.15) is 0 Å². The van der Waals surface area contributed by atoms with Crippen LogP contribution in [0.4, 0.5) is 0 Å². The van der Waals surface area contributed by atoms with Gasteiger partial charge in [-0.15, -0.1) is 11.6 Å². The molecule has 0 aliphatic rings. The lowest BCUT2D eigenvalue weighted by Gasteiger charge is -2.06. The first-order valence-corrected chi connectivity index (χ1v) is 7.18. The lowest BCUT2D eigenvalue weighted by atomic mass is 10.1. The number of aryl methyl sites for hydroxylation is 1. The van der Waals surface area contributed by atoms with E-state index in [0.717, 1.165) is 37.5 Å². The van der Waals surface area contributed by atoms with Gasteiger partial charge < -0.3 is 4.74 Å². The zero-order valence-electron chi connectivity index (χ0n) is 10.8. The third kappa shape index (κ3) is 6.58. The molecule has 2 heteroatoms. The van der Waals surface area contributed by atoms with E-state index in [0.29, 0.717) is 0 Å². The number of hydrogen-bond acceptors (Lipinski definition) is 1. The summed E-state index contributed by atoms with van der Waals surface area (Å²) in [6.07, 6.45) is 7.00. The van der Waals surface area contributed by atoms with Crippen molar-refractivity contribution in [3.8, 4) is 5.75 Å². The van der Waals surface area contributed by atoms with E-state index in [2.05, 4.69) is 31.2 Å². The van der Waals surface area contributed by atoms with Crippen LogP contribution in [-0.4, -0.2) is 12.5 Å². The molecule has 0 N–H and O–H groups in total. The van der Waals surface area contributed by atoms with Crippen molar-refractivity contribution in [2.75, 3.05) is 12.5 Å². The Kier molecular flexibility index (Phi) is 7.91. The minimum atomic E-state index is 0.778. The Bertz CT molecular complexity index is 281. The molecule has 0 aromatic heterocycles. The highest BCUT2D eigenvalue weighted by molar-refractivity contribution is 6.17. The molecular weight excluding hydrogens is 232 g/mol. The number of halogens is 1. The number of unbranched alkanes of at least 4 members (excludes halogenated alkanes) is 3. The second-order valence-electron chi connectivity index (χ2n) is 4.35. The summed E-state index contributed by atoms with van der Waals surface area (Å²) in [5.41, 5.74) is 1.39. The van der Waals surface area contributed by atoms with Crippen molar-refractivity contribution in [1.82, 2.24) is 0 Å². The standard InChI is InChI=1S/C15H23ClO/c1-2-7-14-8-10-15(11-9-14)17-13-6-4-3-5-12-16/h8-11H,2-7,12-13H2,1H3. The van der Waals surface area contributed by atoms with Gasteiger partial charge in [-0.05, 0) is 37.0 Å². The number of rotatable bonds is 9. The van der Waals surface area contributed by atoms with E-state index in [-0.39, 0.29) is 0 Å². The maximum absolute atomic E-state index is 5.69. The molecule has 0 bridgehead atoms. The molecule has 96 valence electrons. The predicted octanol–water partition coefficient (Wildman–Crippen LogP) is 4.82. The van der Waals surface area contributed by atoms with Gasteiger partial charge in [-0.1, -0.05) is 38.3 Å². The average Bonchev–Trinajstić information content (AvgIpc) is 2.36. The van der Waals surface area contributed by atoms with Crippen LogP contribution in [0.25, 0.3) is 0 Å². The first-order chi connectivity index (χ1) is 8.36. The smallest absolute Gasteiger partial charge is 0.119 e. The summed E-state index contributed by atoms with van der Waals surface area (Å²) in [6.45, 7) is 3.01. The molecule has 1 rings (SSSR count). The van der Waals surface area contributed by atoms with E-state index in [1.165, 1.54) is 24.8 Å². The van der Waals surface area contributed by atoms with Gasteiger partial charge in [0.05, 0.1) is 6.61 Å². The summed E-state index contributed by atoms with van der Waals surface area (Å²) < 4.78 is 5.69. The molecule has 1 aromatic rings. The number of benzene rings is 1. The van der Waals surface area contributed by atoms with Gasteiger partial charge in [0.25, 0.3) is 0 Å². The lowest BCUT2D eigenvalue weighted by Crippen LogP contribution is -1.97. The Morgan fingerprint density at radius 2 is 1.71 bits per heavy atom. The Labute approximate surface area is 110 Å². The molecule has 0 spiro atoms. The van der Waals surface area contributed by atoms with Gasteiger partial charge in [0.15, 0.2) is 0 Å². The molecule has 1 nitrogen and oxygen atoms in total. The van der Waals surface area contributed by atoms with E-state index in [9.17, 15) is 0 Å². The number of alkyl halides is 1. The molecule has 17 heavy (non-hydrogen) atoms. The maximum atomic E-state index is 5.69. The van der Waals surface area contributed by atoms with Crippen molar-refractivity contribution in [2.45, 2.75) is 45.4 Å². The van der Waals surface area contributed by atoms with Crippen LogP contribution in [0, 0.1) is 0 Å². The Morgan fingerprint density at radius 1 is 1.00 bits per heavy atom. The molecule has 0 amide bonds. The summed E-state index contributed by atoms with van der Waals surface area (Å²) in [5, 5.41) is 0. The first-order valence-electron chi connectivity index (χ1n) is 6.64. The molecule has 0 aliphatic heterocycles. The van der Waals surface area contributed by atoms with E-state index in [4.69, 9.17) is 16.3 Å². The first kappa shape index (κ1) is 14.4. The molecule has 0 atom stereocenters. The highest BCUT2D eigenvalue weighted by atomic mass is 35.5. The van der Waals surface area contributed by atoms with Gasteiger partial charge in [0.1, 0.15) is 5.75 Å². The molecule has 0 saturated carbocycles. The Hall–Kier alpha value is -0.690. The quantitative estimate of drug-likeness (QED) is 0.454. The van der Waals surface area contributed by atoms with E-state index in [1.54, 1.807) is 0 Å². The van der Waals surface area contributed by atoms with Gasteiger partial charge >= 0.3 is 0 Å². The van der Waals surface area contributed by atoms with Gasteiger partial charge in [0.2, 0.25) is 0 Å². The summed E-state index contributed by atoms with van der Waals surface area (Å²) in [4.78, 5) is 0. The SMILES string of the molecule is CCCc1ccc(OCCCCCCCl)cc1. The van der Waals surface area contributed by atoms with Gasteiger partial charge in [0, 0.05) is 5.88 Å². The monoisotopic (exact) mass is 254 g/mol. The van der Waals surface area contributed by atoms with Crippen LogP contribution < -0.4 is 4.74 Å².